The molecular weight excluding hydrogens is 186 g/mol. The maximum Gasteiger partial charge on any atom is 0.0120 e. The van der Waals surface area contributed by atoms with Gasteiger partial charge in [-0.15, -0.1) is 0 Å². The SMILES string of the molecule is CN1CCC(N2CCCC(CN)C2)CC1. The van der Waals surface area contributed by atoms with Gasteiger partial charge in [0, 0.05) is 12.6 Å². The Morgan fingerprint density at radius 2 is 1.87 bits per heavy atom. The van der Waals surface area contributed by atoms with Gasteiger partial charge in [0.05, 0.1) is 0 Å². The molecule has 0 aliphatic carbocycles. The molecule has 3 heteroatoms. The van der Waals surface area contributed by atoms with E-state index in [9.17, 15) is 0 Å². The van der Waals surface area contributed by atoms with Crippen molar-refractivity contribution in [3.63, 3.8) is 0 Å². The monoisotopic (exact) mass is 211 g/mol. The molecule has 0 bridgehead atoms. The molecule has 2 saturated heterocycles. The maximum atomic E-state index is 5.78. The molecule has 2 rings (SSSR count). The van der Waals surface area contributed by atoms with Crippen LogP contribution in [-0.4, -0.2) is 55.6 Å². The van der Waals surface area contributed by atoms with Crippen molar-refractivity contribution in [2.75, 3.05) is 39.8 Å². The van der Waals surface area contributed by atoms with Crippen molar-refractivity contribution in [1.82, 2.24) is 9.80 Å². The molecule has 1 atom stereocenters. The molecule has 0 aromatic heterocycles. The van der Waals surface area contributed by atoms with Crippen LogP contribution in [-0.2, 0) is 0 Å². The van der Waals surface area contributed by atoms with Gasteiger partial charge >= 0.3 is 0 Å². The summed E-state index contributed by atoms with van der Waals surface area (Å²) >= 11 is 0. The summed E-state index contributed by atoms with van der Waals surface area (Å²) < 4.78 is 0. The van der Waals surface area contributed by atoms with Crippen LogP contribution in [0.25, 0.3) is 0 Å². The highest BCUT2D eigenvalue weighted by Crippen LogP contribution is 2.22. The number of likely N-dealkylation sites (tertiary alicyclic amines) is 2. The maximum absolute atomic E-state index is 5.78. The summed E-state index contributed by atoms with van der Waals surface area (Å²) in [6.45, 7) is 5.99. The Hall–Kier alpha value is -0.120. The van der Waals surface area contributed by atoms with Crippen molar-refractivity contribution in [2.45, 2.75) is 31.7 Å². The molecule has 0 amide bonds. The Kier molecular flexibility index (Phi) is 4.00. The Balaban J connectivity index is 1.82. The van der Waals surface area contributed by atoms with Crippen LogP contribution in [0.15, 0.2) is 0 Å². The molecule has 0 spiro atoms. The minimum atomic E-state index is 0.762. The van der Waals surface area contributed by atoms with Crippen molar-refractivity contribution in [2.24, 2.45) is 11.7 Å². The van der Waals surface area contributed by atoms with Crippen LogP contribution < -0.4 is 5.73 Å². The second-order valence-corrected chi connectivity index (χ2v) is 5.27. The van der Waals surface area contributed by atoms with E-state index in [4.69, 9.17) is 5.73 Å². The predicted octanol–water partition coefficient (Wildman–Crippen LogP) is 0.751. The average Bonchev–Trinajstić information content (AvgIpc) is 2.30. The third-order valence-corrected chi connectivity index (χ3v) is 4.09. The second kappa shape index (κ2) is 5.28. The van der Waals surface area contributed by atoms with E-state index < -0.39 is 0 Å². The minimum Gasteiger partial charge on any atom is -0.330 e. The summed E-state index contributed by atoms with van der Waals surface area (Å²) in [4.78, 5) is 5.15. The Bertz CT molecular complexity index is 187. The summed E-state index contributed by atoms with van der Waals surface area (Å²) in [5, 5.41) is 0. The van der Waals surface area contributed by atoms with E-state index in [-0.39, 0.29) is 0 Å². The Morgan fingerprint density at radius 1 is 1.13 bits per heavy atom. The standard InChI is InChI=1S/C12H25N3/c1-14-7-4-12(5-8-14)15-6-2-3-11(9-13)10-15/h11-12H,2-10,13H2,1H3. The number of hydrogen-bond donors (Lipinski definition) is 1. The molecule has 2 heterocycles. The van der Waals surface area contributed by atoms with Gasteiger partial charge < -0.3 is 10.6 Å². The van der Waals surface area contributed by atoms with Crippen molar-refractivity contribution >= 4 is 0 Å². The highest BCUT2D eigenvalue weighted by Gasteiger charge is 2.27. The Labute approximate surface area is 93.6 Å². The molecule has 0 aromatic carbocycles. The quantitative estimate of drug-likeness (QED) is 0.731. The number of nitrogens with two attached hydrogens (primary N) is 1. The number of nitrogens with zero attached hydrogens (tertiary/aromatic N) is 2. The van der Waals surface area contributed by atoms with Gasteiger partial charge in [-0.25, -0.2) is 0 Å². The summed E-state index contributed by atoms with van der Waals surface area (Å²) in [7, 11) is 2.23. The van der Waals surface area contributed by atoms with Gasteiger partial charge in [0.2, 0.25) is 0 Å². The van der Waals surface area contributed by atoms with E-state index in [1.54, 1.807) is 0 Å². The van der Waals surface area contributed by atoms with Crippen LogP contribution in [0.1, 0.15) is 25.7 Å². The third-order valence-electron chi connectivity index (χ3n) is 4.09. The van der Waals surface area contributed by atoms with Crippen LogP contribution in [0.3, 0.4) is 0 Å². The van der Waals surface area contributed by atoms with E-state index in [0.717, 1.165) is 18.5 Å². The van der Waals surface area contributed by atoms with E-state index in [2.05, 4.69) is 16.8 Å². The van der Waals surface area contributed by atoms with Crippen LogP contribution in [0.2, 0.25) is 0 Å². The van der Waals surface area contributed by atoms with Crippen LogP contribution in [0, 0.1) is 5.92 Å². The number of piperidine rings is 2. The summed E-state index contributed by atoms with van der Waals surface area (Å²) in [6, 6.07) is 0.843. The molecule has 2 fully saturated rings. The fourth-order valence-corrected chi connectivity index (χ4v) is 2.98. The van der Waals surface area contributed by atoms with Gasteiger partial charge in [0.25, 0.3) is 0 Å². The summed E-state index contributed by atoms with van der Waals surface area (Å²) in [6.07, 6.45) is 5.41. The lowest BCUT2D eigenvalue weighted by Gasteiger charge is -2.41. The van der Waals surface area contributed by atoms with Gasteiger partial charge in [-0.3, -0.25) is 4.90 Å². The smallest absolute Gasteiger partial charge is 0.0120 e. The first-order chi connectivity index (χ1) is 7.29. The highest BCUT2D eigenvalue weighted by molar-refractivity contribution is 4.83. The summed E-state index contributed by atoms with van der Waals surface area (Å²) in [5.74, 6) is 0.762. The van der Waals surface area contributed by atoms with Crippen molar-refractivity contribution in [3.05, 3.63) is 0 Å². The molecule has 0 radical (unpaired) electrons. The highest BCUT2D eigenvalue weighted by atomic mass is 15.2. The summed E-state index contributed by atoms with van der Waals surface area (Å²) in [5.41, 5.74) is 5.78. The van der Waals surface area contributed by atoms with Crippen LogP contribution in [0.5, 0.6) is 0 Å². The van der Waals surface area contributed by atoms with E-state index in [0.29, 0.717) is 0 Å². The molecule has 15 heavy (non-hydrogen) atoms. The molecule has 2 aliphatic rings. The zero-order valence-corrected chi connectivity index (χ0v) is 9.99. The molecule has 2 N–H and O–H groups in total. The number of hydrogen-bond acceptors (Lipinski definition) is 3. The zero-order chi connectivity index (χ0) is 10.7. The molecular formula is C12H25N3. The van der Waals surface area contributed by atoms with E-state index in [1.807, 2.05) is 0 Å². The van der Waals surface area contributed by atoms with Gasteiger partial charge in [-0.1, -0.05) is 0 Å². The zero-order valence-electron chi connectivity index (χ0n) is 9.99. The normalized spacial score (nSPS) is 32.0. The molecule has 0 saturated carbocycles. The first-order valence-corrected chi connectivity index (χ1v) is 6.42. The van der Waals surface area contributed by atoms with Gasteiger partial charge in [0.15, 0.2) is 0 Å². The Morgan fingerprint density at radius 3 is 2.53 bits per heavy atom. The largest absolute Gasteiger partial charge is 0.330 e. The molecule has 88 valence electrons. The van der Waals surface area contributed by atoms with Crippen molar-refractivity contribution in [3.8, 4) is 0 Å². The van der Waals surface area contributed by atoms with Gasteiger partial charge in [-0.05, 0) is 64.8 Å². The first kappa shape index (κ1) is 11.4. The first-order valence-electron chi connectivity index (χ1n) is 6.42. The lowest BCUT2D eigenvalue weighted by atomic mass is 9.94. The predicted molar refractivity (Wildman–Crippen MR) is 63.9 cm³/mol. The lowest BCUT2D eigenvalue weighted by molar-refractivity contribution is 0.0807. The van der Waals surface area contributed by atoms with Crippen LogP contribution >= 0.6 is 0 Å². The molecule has 1 unspecified atom stereocenters. The van der Waals surface area contributed by atoms with Crippen molar-refractivity contribution < 1.29 is 0 Å². The molecule has 2 aliphatic heterocycles. The topological polar surface area (TPSA) is 32.5 Å². The van der Waals surface area contributed by atoms with E-state index in [1.165, 1.54) is 51.9 Å². The van der Waals surface area contributed by atoms with Gasteiger partial charge in [-0.2, -0.15) is 0 Å². The van der Waals surface area contributed by atoms with Gasteiger partial charge in [0.1, 0.15) is 0 Å². The average molecular weight is 211 g/mol. The van der Waals surface area contributed by atoms with E-state index >= 15 is 0 Å². The molecule has 3 nitrogen and oxygen atoms in total. The van der Waals surface area contributed by atoms with Crippen molar-refractivity contribution in [1.29, 1.82) is 0 Å². The molecule has 0 aromatic rings. The lowest BCUT2D eigenvalue weighted by Crippen LogP contribution is -2.48. The minimum absolute atomic E-state index is 0.762. The third kappa shape index (κ3) is 2.92. The fourth-order valence-electron chi connectivity index (χ4n) is 2.98. The number of rotatable bonds is 2. The second-order valence-electron chi connectivity index (χ2n) is 5.27. The fraction of sp³-hybridized carbons (Fsp3) is 1.00. The van der Waals surface area contributed by atoms with Crippen LogP contribution in [0.4, 0.5) is 0 Å².